The first-order valence-corrected chi connectivity index (χ1v) is 9.29. The molecule has 114 valence electrons. The van der Waals surface area contributed by atoms with Crippen molar-refractivity contribution in [1.82, 2.24) is 4.98 Å². The lowest BCUT2D eigenvalue weighted by Crippen LogP contribution is -1.96. The van der Waals surface area contributed by atoms with Gasteiger partial charge in [-0.25, -0.2) is 4.98 Å². The van der Waals surface area contributed by atoms with Crippen molar-refractivity contribution in [2.24, 2.45) is 0 Å². The third-order valence-corrected chi connectivity index (χ3v) is 4.99. The fourth-order valence-corrected chi connectivity index (χ4v) is 3.65. The Morgan fingerprint density at radius 2 is 2.05 bits per heavy atom. The summed E-state index contributed by atoms with van der Waals surface area (Å²) in [5.41, 5.74) is 2.28. The maximum atomic E-state index is 5.80. The lowest BCUT2D eigenvalue weighted by Gasteiger charge is -2.06. The molecule has 0 unspecified atom stereocenters. The van der Waals surface area contributed by atoms with E-state index in [4.69, 9.17) is 8.92 Å². The van der Waals surface area contributed by atoms with Crippen LogP contribution in [0, 0.1) is 6.92 Å². The first-order valence-electron chi connectivity index (χ1n) is 6.77. The van der Waals surface area contributed by atoms with E-state index in [2.05, 4.69) is 40.0 Å². The molecule has 3 nitrogen and oxygen atoms in total. The van der Waals surface area contributed by atoms with Crippen LogP contribution in [-0.2, 0) is 17.2 Å². The summed E-state index contributed by atoms with van der Waals surface area (Å²) in [6.45, 7) is 5.38. The molecule has 0 N–H and O–H groups in total. The van der Waals surface area contributed by atoms with E-state index in [1.54, 1.807) is 11.3 Å². The molecule has 1 heterocycles. The normalized spacial score (nSPS) is 10.8. The maximum absolute atomic E-state index is 5.80. The number of aromatic nitrogens is 1. The van der Waals surface area contributed by atoms with Gasteiger partial charge in [0, 0.05) is 5.75 Å². The van der Waals surface area contributed by atoms with Crippen LogP contribution in [0.25, 0.3) is 0 Å². The fourth-order valence-electron chi connectivity index (χ4n) is 1.73. The maximum Gasteiger partial charge on any atom is 0.159 e. The Hall–Kier alpha value is -0.560. The second kappa shape index (κ2) is 8.78. The lowest BCUT2D eigenvalue weighted by molar-refractivity contribution is 0.308. The number of hydrogen-bond acceptors (Lipinski definition) is 5. The Balaban J connectivity index is 1.80. The Labute approximate surface area is 142 Å². The molecule has 0 spiro atoms. The van der Waals surface area contributed by atoms with Crippen LogP contribution in [0.1, 0.15) is 23.1 Å². The Morgan fingerprint density at radius 3 is 2.67 bits per heavy atom. The Morgan fingerprint density at radius 1 is 1.29 bits per heavy atom. The predicted octanol–water partition coefficient (Wildman–Crippen LogP) is 5.02. The van der Waals surface area contributed by atoms with Gasteiger partial charge in [-0.3, -0.25) is 0 Å². The zero-order valence-electron chi connectivity index (χ0n) is 12.1. The second-order valence-electron chi connectivity index (χ2n) is 4.39. The van der Waals surface area contributed by atoms with Crippen LogP contribution in [0.2, 0.25) is 0 Å². The third-order valence-electron chi connectivity index (χ3n) is 2.84. The van der Waals surface area contributed by atoms with Crippen LogP contribution in [-0.4, -0.2) is 17.3 Å². The molecule has 0 saturated heterocycles. The minimum absolute atomic E-state index is 0.560. The van der Waals surface area contributed by atoms with Crippen LogP contribution in [0.5, 0.6) is 5.75 Å². The van der Waals surface area contributed by atoms with E-state index in [1.807, 2.05) is 19.1 Å². The van der Waals surface area contributed by atoms with E-state index in [0.717, 1.165) is 39.0 Å². The summed E-state index contributed by atoms with van der Waals surface area (Å²) in [6.07, 6.45) is 0.925. The average molecular weight is 388 g/mol. The van der Waals surface area contributed by atoms with Gasteiger partial charge in [-0.05, 0) is 59.0 Å². The topological polar surface area (TPSA) is 31.4 Å². The molecule has 0 fully saturated rings. The minimum Gasteiger partial charge on any atom is -0.488 e. The predicted molar refractivity (Wildman–Crippen MR) is 93.1 cm³/mol. The minimum atomic E-state index is 0.560. The number of thiazole rings is 1. The van der Waals surface area contributed by atoms with Gasteiger partial charge < -0.3 is 8.92 Å². The zero-order valence-corrected chi connectivity index (χ0v) is 15.3. The summed E-state index contributed by atoms with van der Waals surface area (Å²) >= 11 is 6.51. The summed E-state index contributed by atoms with van der Waals surface area (Å²) in [4.78, 5) is 5.47. The van der Waals surface area contributed by atoms with Gasteiger partial charge >= 0.3 is 0 Å². The molecule has 0 aliphatic carbocycles. The van der Waals surface area contributed by atoms with Gasteiger partial charge in [0.15, 0.2) is 3.92 Å². The number of ether oxygens (including phenoxy) is 1. The molecule has 2 aromatic rings. The summed E-state index contributed by atoms with van der Waals surface area (Å²) in [7, 11) is 0. The number of rotatable bonds is 8. The molecule has 0 amide bonds. The summed E-state index contributed by atoms with van der Waals surface area (Å²) in [5, 5.41) is 0. The molecule has 0 aliphatic heterocycles. The molecule has 0 radical (unpaired) electrons. The van der Waals surface area contributed by atoms with Crippen molar-refractivity contribution in [3.05, 3.63) is 44.3 Å². The Kier molecular flexibility index (Phi) is 7.03. The fraction of sp³-hybridized carbons (Fsp3) is 0.400. The largest absolute Gasteiger partial charge is 0.488 e. The number of hydrogen-bond donors (Lipinski definition) is 0. The molecule has 2 rings (SSSR count). The molecule has 0 bridgehead atoms. The first-order chi connectivity index (χ1) is 10.2. The highest BCUT2D eigenvalue weighted by atomic mass is 79.9. The van der Waals surface area contributed by atoms with E-state index in [0.29, 0.717) is 6.61 Å². The molecule has 21 heavy (non-hydrogen) atoms. The monoisotopic (exact) mass is 387 g/mol. The Bertz CT molecular complexity index is 557. The van der Waals surface area contributed by atoms with Gasteiger partial charge in [-0.1, -0.05) is 19.1 Å². The lowest BCUT2D eigenvalue weighted by atomic mass is 10.1. The van der Waals surface area contributed by atoms with E-state index in [1.165, 1.54) is 17.6 Å². The molecule has 0 saturated carbocycles. The van der Waals surface area contributed by atoms with E-state index < -0.39 is 0 Å². The summed E-state index contributed by atoms with van der Waals surface area (Å²) < 4.78 is 12.1. The molecule has 1 aromatic heterocycles. The van der Waals surface area contributed by atoms with Crippen molar-refractivity contribution in [2.45, 2.75) is 26.9 Å². The highest BCUT2D eigenvalue weighted by Gasteiger charge is 2.06. The van der Waals surface area contributed by atoms with Gasteiger partial charge in [0.25, 0.3) is 0 Å². The smallest absolute Gasteiger partial charge is 0.159 e. The van der Waals surface area contributed by atoms with Crippen LogP contribution in [0.4, 0.5) is 0 Å². The molecule has 0 aliphatic rings. The van der Waals surface area contributed by atoms with E-state index >= 15 is 0 Å². The summed E-state index contributed by atoms with van der Waals surface area (Å²) in [5.74, 6) is 1.87. The highest BCUT2D eigenvalue weighted by molar-refractivity contribution is 9.11. The average Bonchev–Trinajstić information content (AvgIpc) is 2.81. The highest BCUT2D eigenvalue weighted by Crippen LogP contribution is 2.24. The van der Waals surface area contributed by atoms with E-state index in [-0.39, 0.29) is 0 Å². The molecular weight excluding hydrogens is 370 g/mol. The number of halogens is 1. The number of nitrogens with zero attached hydrogens (tertiary/aromatic N) is 1. The second-order valence-corrected chi connectivity index (χ2v) is 7.79. The molecule has 0 atom stereocenters. The van der Waals surface area contributed by atoms with Gasteiger partial charge in [-0.15, -0.1) is 11.3 Å². The van der Waals surface area contributed by atoms with Crippen molar-refractivity contribution < 1.29 is 8.92 Å². The zero-order chi connectivity index (χ0) is 15.1. The number of benzene rings is 1. The van der Waals surface area contributed by atoms with Crippen molar-refractivity contribution in [3.8, 4) is 5.75 Å². The van der Waals surface area contributed by atoms with Crippen LogP contribution < -0.4 is 4.74 Å². The quantitative estimate of drug-likeness (QED) is 0.469. The van der Waals surface area contributed by atoms with Gasteiger partial charge in [0.05, 0.1) is 17.2 Å². The molecule has 1 aromatic carbocycles. The van der Waals surface area contributed by atoms with Crippen molar-refractivity contribution in [3.63, 3.8) is 0 Å². The van der Waals surface area contributed by atoms with Gasteiger partial charge in [0.1, 0.15) is 12.4 Å². The van der Waals surface area contributed by atoms with Crippen molar-refractivity contribution >= 4 is 39.3 Å². The van der Waals surface area contributed by atoms with Crippen LogP contribution in [0.15, 0.2) is 28.2 Å². The SMILES string of the molecule is CCSOCCc1ccc(OCc2sc(Br)nc2C)cc1. The van der Waals surface area contributed by atoms with Gasteiger partial charge in [0.2, 0.25) is 0 Å². The summed E-state index contributed by atoms with van der Waals surface area (Å²) in [6, 6.07) is 8.19. The standard InChI is InChI=1S/C15H18BrNO2S2/c1-3-20-19-9-8-12-4-6-13(7-5-12)18-10-14-11(2)17-15(16)21-14/h4-7H,3,8-10H2,1-2H3. The molecular formula is C15H18BrNO2S2. The van der Waals surface area contributed by atoms with Crippen molar-refractivity contribution in [1.29, 1.82) is 0 Å². The van der Waals surface area contributed by atoms with Crippen LogP contribution in [0.3, 0.4) is 0 Å². The number of aryl methyl sites for hydroxylation is 1. The van der Waals surface area contributed by atoms with E-state index in [9.17, 15) is 0 Å². The van der Waals surface area contributed by atoms with Gasteiger partial charge in [-0.2, -0.15) is 0 Å². The third kappa shape index (κ3) is 5.62. The van der Waals surface area contributed by atoms with Crippen molar-refractivity contribution in [2.75, 3.05) is 12.4 Å². The molecule has 6 heteroatoms. The first kappa shape index (κ1) is 16.8. The van der Waals surface area contributed by atoms with Crippen LogP contribution >= 0.6 is 39.3 Å².